The fraction of sp³-hybridized carbons (Fsp3) is 0.545. The van der Waals surface area contributed by atoms with Gasteiger partial charge in [-0.2, -0.15) is 13.2 Å². The summed E-state index contributed by atoms with van der Waals surface area (Å²) in [4.78, 5) is 8.79. The van der Waals surface area contributed by atoms with Gasteiger partial charge in [-0.25, -0.2) is 22.8 Å². The molecular weight excluding hydrogens is 474 g/mol. The van der Waals surface area contributed by atoms with Crippen LogP contribution in [0.4, 0.5) is 29.1 Å². The lowest BCUT2D eigenvalue weighted by molar-refractivity contribution is -0.186. The van der Waals surface area contributed by atoms with Gasteiger partial charge in [-0.3, -0.25) is 4.72 Å². The maximum absolute atomic E-state index is 15.1. The van der Waals surface area contributed by atoms with Crippen molar-refractivity contribution in [3.63, 3.8) is 0 Å². The lowest BCUT2D eigenvalue weighted by Gasteiger charge is -2.41. The van der Waals surface area contributed by atoms with E-state index in [1.54, 1.807) is 19.0 Å². The molecule has 0 unspecified atom stereocenters. The molecule has 0 saturated heterocycles. The predicted octanol–water partition coefficient (Wildman–Crippen LogP) is 4.86. The zero-order valence-electron chi connectivity index (χ0n) is 18.8. The van der Waals surface area contributed by atoms with Crippen molar-refractivity contribution >= 4 is 21.5 Å². The quantitative estimate of drug-likeness (QED) is 0.523. The minimum absolute atomic E-state index is 0. The number of nitrogens with one attached hydrogen (secondary N) is 2. The molecule has 190 valence electrons. The fourth-order valence-electron chi connectivity index (χ4n) is 4.56. The molecule has 0 radical (unpaired) electrons. The van der Waals surface area contributed by atoms with Gasteiger partial charge in [0.25, 0.3) is 10.0 Å². The monoisotopic (exact) mass is 505 g/mol. The summed E-state index contributed by atoms with van der Waals surface area (Å²) in [5.41, 5.74) is 1.09. The molecule has 1 aromatic carbocycles. The topological polar surface area (TPSA) is 87.2 Å². The molecule has 2 saturated carbocycles. The Hall–Kier alpha value is -2.47. The van der Waals surface area contributed by atoms with Crippen molar-refractivity contribution in [2.75, 3.05) is 24.1 Å². The Balaban J connectivity index is 0.00000228. The molecule has 2 aliphatic rings. The Bertz CT molecular complexity index is 1140. The summed E-state index contributed by atoms with van der Waals surface area (Å²) < 4.78 is 83.0. The zero-order valence-corrected chi connectivity index (χ0v) is 19.6. The number of rotatable bonds is 7. The maximum atomic E-state index is 15.1. The molecule has 1 heterocycles. The second kappa shape index (κ2) is 9.29. The lowest BCUT2D eigenvalue weighted by Crippen LogP contribution is -2.49. The first-order valence-corrected chi connectivity index (χ1v) is 12.6. The van der Waals surface area contributed by atoms with E-state index in [0.29, 0.717) is 11.3 Å². The largest absolute Gasteiger partial charge is 0.391 e. The van der Waals surface area contributed by atoms with Gasteiger partial charge in [0.2, 0.25) is 0 Å². The van der Waals surface area contributed by atoms with E-state index in [-0.39, 0.29) is 39.9 Å². The van der Waals surface area contributed by atoms with Crippen LogP contribution in [-0.2, 0) is 10.0 Å². The minimum Gasteiger partial charge on any atom is -0.380 e. The first-order valence-electron chi connectivity index (χ1n) is 11.1. The summed E-state index contributed by atoms with van der Waals surface area (Å²) in [6.07, 6.45) is 0.149. The van der Waals surface area contributed by atoms with E-state index in [0.717, 1.165) is 18.9 Å². The van der Waals surface area contributed by atoms with Crippen LogP contribution in [0.2, 0.25) is 0 Å². The normalized spacial score (nSPS) is 23.7. The molecule has 0 spiro atoms. The van der Waals surface area contributed by atoms with Crippen LogP contribution in [0.3, 0.4) is 0 Å². The first-order chi connectivity index (χ1) is 16.0. The molecule has 2 aromatic rings. The molecule has 7 nitrogen and oxygen atoms in total. The van der Waals surface area contributed by atoms with E-state index in [2.05, 4.69) is 20.0 Å². The molecule has 2 fully saturated rings. The summed E-state index contributed by atoms with van der Waals surface area (Å²) in [5.74, 6) is -2.24. The van der Waals surface area contributed by atoms with Crippen molar-refractivity contribution in [1.29, 1.82) is 0 Å². The molecule has 1 aromatic heterocycles. The average molecular weight is 506 g/mol. The van der Waals surface area contributed by atoms with Crippen molar-refractivity contribution in [2.45, 2.75) is 61.2 Å². The van der Waals surface area contributed by atoms with Crippen LogP contribution in [0.1, 0.15) is 46.4 Å². The van der Waals surface area contributed by atoms with Crippen LogP contribution < -0.4 is 10.0 Å². The smallest absolute Gasteiger partial charge is 0.380 e. The van der Waals surface area contributed by atoms with Gasteiger partial charge in [0, 0.05) is 26.8 Å². The van der Waals surface area contributed by atoms with Crippen molar-refractivity contribution in [2.24, 2.45) is 5.92 Å². The van der Waals surface area contributed by atoms with Gasteiger partial charge in [-0.05, 0) is 75.9 Å². The van der Waals surface area contributed by atoms with E-state index in [1.807, 2.05) is 0 Å². The second-order valence-corrected chi connectivity index (χ2v) is 10.8. The molecule has 0 aliphatic heterocycles. The van der Waals surface area contributed by atoms with Crippen molar-refractivity contribution in [3.05, 3.63) is 42.1 Å². The summed E-state index contributed by atoms with van der Waals surface area (Å²) in [6, 6.07) is 3.09. The van der Waals surface area contributed by atoms with Crippen molar-refractivity contribution in [3.8, 4) is 0 Å². The van der Waals surface area contributed by atoms with Crippen LogP contribution in [-0.4, -0.2) is 55.6 Å². The molecule has 34 heavy (non-hydrogen) atoms. The Morgan fingerprint density at radius 2 is 1.88 bits per heavy atom. The lowest BCUT2D eigenvalue weighted by atomic mass is 9.81. The third kappa shape index (κ3) is 5.43. The Morgan fingerprint density at radius 3 is 2.47 bits per heavy atom. The highest BCUT2D eigenvalue weighted by molar-refractivity contribution is 7.92. The molecule has 3 atom stereocenters. The molecule has 2 aliphatic carbocycles. The number of anilines is 2. The first kappa shape index (κ1) is 24.6. The number of hydrogen-bond donors (Lipinski definition) is 2. The zero-order chi connectivity index (χ0) is 24.7. The number of likely N-dealkylation sites (N-methyl/N-ethyl adjacent to an activating group) is 1. The Morgan fingerprint density at radius 1 is 1.15 bits per heavy atom. The van der Waals surface area contributed by atoms with E-state index in [4.69, 9.17) is 0 Å². The summed E-state index contributed by atoms with van der Waals surface area (Å²) in [6.45, 7) is 0. The van der Waals surface area contributed by atoms with E-state index >= 15 is 4.39 Å². The maximum Gasteiger partial charge on any atom is 0.391 e. The number of hydrogen-bond acceptors (Lipinski definition) is 6. The van der Waals surface area contributed by atoms with E-state index in [9.17, 15) is 21.6 Å². The molecule has 0 bridgehead atoms. The van der Waals surface area contributed by atoms with Crippen molar-refractivity contribution in [1.82, 2.24) is 14.9 Å². The Kier molecular flexibility index (Phi) is 6.74. The number of benzene rings is 1. The highest BCUT2D eigenvalue weighted by Gasteiger charge is 2.45. The molecular formula is C22H31F4N5O2S. The molecule has 2 N–H and O–H groups in total. The number of halogens is 4. The standard InChI is InChI=1S/C22H27F4N5O2S.2H2/c1-31(2)19-9-14(22(24,25)26)5-6-17(19)29-18-11-16(23)20(10-15(18)13-3-4-13)34(32,33)30-21-7-8-27-12-28-21;;/h7-8,10-14,17,19,29H,3-6,9H2,1-2H3,(H,27,28,30);2*1H/t14-,17-,19-;;/m0../s1. The third-order valence-corrected chi connectivity index (χ3v) is 7.89. The van der Waals surface area contributed by atoms with Crippen LogP contribution in [0.15, 0.2) is 35.6 Å². The number of alkyl halides is 3. The van der Waals surface area contributed by atoms with E-state index in [1.165, 1.54) is 24.7 Å². The summed E-state index contributed by atoms with van der Waals surface area (Å²) in [5, 5.41) is 3.26. The minimum atomic E-state index is -4.25. The highest BCUT2D eigenvalue weighted by atomic mass is 32.2. The van der Waals surface area contributed by atoms with Crippen LogP contribution in [0.5, 0.6) is 0 Å². The van der Waals surface area contributed by atoms with Gasteiger partial charge in [-0.15, -0.1) is 0 Å². The number of nitrogens with zero attached hydrogens (tertiary/aromatic N) is 3. The summed E-state index contributed by atoms with van der Waals surface area (Å²) >= 11 is 0. The van der Waals surface area contributed by atoms with Crippen LogP contribution >= 0.6 is 0 Å². The number of aromatic nitrogens is 2. The predicted molar refractivity (Wildman–Crippen MR) is 124 cm³/mol. The van der Waals surface area contributed by atoms with E-state index < -0.39 is 38.9 Å². The highest BCUT2D eigenvalue weighted by Crippen LogP contribution is 2.46. The summed E-state index contributed by atoms with van der Waals surface area (Å²) in [7, 11) is -0.784. The van der Waals surface area contributed by atoms with Gasteiger partial charge in [0.1, 0.15) is 22.9 Å². The number of sulfonamides is 1. The van der Waals surface area contributed by atoms with Gasteiger partial charge >= 0.3 is 6.18 Å². The second-order valence-electron chi connectivity index (χ2n) is 9.18. The van der Waals surface area contributed by atoms with Crippen LogP contribution in [0, 0.1) is 11.7 Å². The van der Waals surface area contributed by atoms with Crippen molar-refractivity contribution < 1.29 is 28.8 Å². The van der Waals surface area contributed by atoms with Gasteiger partial charge in [0.15, 0.2) is 0 Å². The van der Waals surface area contributed by atoms with Gasteiger partial charge < -0.3 is 10.2 Å². The average Bonchev–Trinajstić information content (AvgIpc) is 3.58. The fourth-order valence-corrected chi connectivity index (χ4v) is 5.66. The molecule has 4 rings (SSSR count). The van der Waals surface area contributed by atoms with Crippen LogP contribution in [0.25, 0.3) is 0 Å². The molecule has 12 heteroatoms. The third-order valence-electron chi connectivity index (χ3n) is 6.52. The Labute approximate surface area is 199 Å². The van der Waals surface area contributed by atoms with Gasteiger partial charge in [0.05, 0.1) is 5.92 Å². The SMILES string of the molecule is CN(C)[C@H]1C[C@@H](C(F)(F)F)CC[C@@H]1Nc1cc(F)c(S(=O)(=O)Nc2ccncn2)cc1C1CC1.[HH].[HH]. The van der Waals surface area contributed by atoms with Gasteiger partial charge in [-0.1, -0.05) is 0 Å². The molecule has 0 amide bonds.